The highest BCUT2D eigenvalue weighted by molar-refractivity contribution is 5.73. The van der Waals surface area contributed by atoms with Gasteiger partial charge in [0.25, 0.3) is 0 Å². The number of carboxylic acid groups (broad SMARTS) is 1. The molecule has 1 aromatic rings. The van der Waals surface area contributed by atoms with E-state index in [1.165, 1.54) is 141 Å². The maximum atomic E-state index is 11.0. The maximum absolute atomic E-state index is 11.0. The summed E-state index contributed by atoms with van der Waals surface area (Å²) in [6.07, 6.45) is 31.7. The van der Waals surface area contributed by atoms with Gasteiger partial charge in [-0.3, -0.25) is 4.79 Å². The number of hydrogen-bond acceptors (Lipinski definition) is 4. The molecular formula is C36H65NO4. The van der Waals surface area contributed by atoms with Crippen molar-refractivity contribution in [3.05, 3.63) is 18.2 Å². The Balaban J connectivity index is 2.19. The molecule has 0 aromatic heterocycles. The number of ether oxygens (including phenoxy) is 2. The smallest absolute Gasteiger partial charge is 0.322 e. The van der Waals surface area contributed by atoms with Crippen LogP contribution >= 0.6 is 0 Å². The molecule has 0 aliphatic rings. The Kier molecular flexibility index (Phi) is 25.5. The molecule has 0 heterocycles. The Morgan fingerprint density at radius 3 is 1.17 bits per heavy atom. The molecule has 0 bridgehead atoms. The normalized spacial score (nSPS) is 11.1. The second kappa shape index (κ2) is 28.2. The molecule has 0 amide bonds. The van der Waals surface area contributed by atoms with Crippen molar-refractivity contribution < 1.29 is 19.4 Å². The van der Waals surface area contributed by atoms with E-state index in [1.54, 1.807) is 0 Å². The van der Waals surface area contributed by atoms with Gasteiger partial charge in [0.05, 0.1) is 13.2 Å². The molecule has 2 N–H and O–H groups in total. The van der Waals surface area contributed by atoms with E-state index in [0.29, 0.717) is 13.2 Å². The topological polar surface area (TPSA) is 67.8 Å². The molecule has 1 rings (SSSR count). The van der Waals surface area contributed by atoms with E-state index in [4.69, 9.17) is 14.6 Å². The molecule has 0 aliphatic carbocycles. The molecule has 0 saturated heterocycles. The lowest BCUT2D eigenvalue weighted by molar-refractivity contribution is -0.134. The molecule has 5 nitrogen and oxygen atoms in total. The first kappa shape index (κ1) is 37.1. The zero-order valence-corrected chi connectivity index (χ0v) is 27.0. The van der Waals surface area contributed by atoms with E-state index in [2.05, 4.69) is 19.2 Å². The van der Waals surface area contributed by atoms with Crippen LogP contribution < -0.4 is 14.8 Å². The van der Waals surface area contributed by atoms with Crippen molar-refractivity contribution in [2.75, 3.05) is 25.1 Å². The average molecular weight is 576 g/mol. The summed E-state index contributed by atoms with van der Waals surface area (Å²) in [7, 11) is 0. The number of carbonyl (C=O) groups is 1. The molecule has 0 atom stereocenters. The van der Waals surface area contributed by atoms with E-state index < -0.39 is 5.97 Å². The highest BCUT2D eigenvalue weighted by Gasteiger charge is 2.06. The van der Waals surface area contributed by atoms with Crippen molar-refractivity contribution >= 4 is 11.7 Å². The minimum atomic E-state index is -0.883. The lowest BCUT2D eigenvalue weighted by Gasteiger charge is -2.13. The van der Waals surface area contributed by atoms with Crippen molar-refractivity contribution in [2.24, 2.45) is 0 Å². The van der Waals surface area contributed by atoms with Crippen LogP contribution in [0.25, 0.3) is 0 Å². The summed E-state index contributed by atoms with van der Waals surface area (Å²) in [6, 6.07) is 5.69. The van der Waals surface area contributed by atoms with Crippen LogP contribution in [-0.4, -0.2) is 30.8 Å². The van der Waals surface area contributed by atoms with Crippen LogP contribution in [0.5, 0.6) is 11.5 Å². The second-order valence-electron chi connectivity index (χ2n) is 11.9. The van der Waals surface area contributed by atoms with Gasteiger partial charge in [0.2, 0.25) is 0 Å². The maximum Gasteiger partial charge on any atom is 0.322 e. The van der Waals surface area contributed by atoms with Gasteiger partial charge in [0.15, 0.2) is 0 Å². The molecule has 0 radical (unpaired) electrons. The Labute approximate surface area is 253 Å². The molecule has 238 valence electrons. The first-order valence-corrected chi connectivity index (χ1v) is 17.5. The SMILES string of the molecule is CCCCCCCCCCCCCCOc1cc(NCC(=O)O)cc(OCCCCCCCCCCCCCC)c1. The van der Waals surface area contributed by atoms with Crippen molar-refractivity contribution in [3.8, 4) is 11.5 Å². The van der Waals surface area contributed by atoms with E-state index in [9.17, 15) is 4.79 Å². The molecule has 0 unspecified atom stereocenters. The monoisotopic (exact) mass is 575 g/mol. The third-order valence-corrected chi connectivity index (χ3v) is 7.86. The quantitative estimate of drug-likeness (QED) is 0.0862. The lowest BCUT2D eigenvalue weighted by Crippen LogP contribution is -2.12. The Morgan fingerprint density at radius 2 is 0.854 bits per heavy atom. The number of hydrogen-bond donors (Lipinski definition) is 2. The lowest BCUT2D eigenvalue weighted by atomic mass is 10.1. The summed E-state index contributed by atoms with van der Waals surface area (Å²) in [5, 5.41) is 12.0. The molecule has 0 spiro atoms. The minimum absolute atomic E-state index is 0.125. The van der Waals surface area contributed by atoms with Gasteiger partial charge in [-0.15, -0.1) is 0 Å². The van der Waals surface area contributed by atoms with Crippen molar-refractivity contribution in [1.82, 2.24) is 0 Å². The molecular weight excluding hydrogens is 510 g/mol. The van der Waals surface area contributed by atoms with Crippen LogP contribution in [0, 0.1) is 0 Å². The molecule has 0 aliphatic heterocycles. The Bertz CT molecular complexity index is 675. The van der Waals surface area contributed by atoms with Crippen LogP contribution in [-0.2, 0) is 4.79 Å². The van der Waals surface area contributed by atoms with E-state index >= 15 is 0 Å². The third-order valence-electron chi connectivity index (χ3n) is 7.86. The predicted octanol–water partition coefficient (Wildman–Crippen LogP) is 11.3. The third kappa shape index (κ3) is 24.4. The van der Waals surface area contributed by atoms with Gasteiger partial charge in [-0.2, -0.15) is 0 Å². The van der Waals surface area contributed by atoms with Gasteiger partial charge in [0.1, 0.15) is 18.0 Å². The summed E-state index contributed by atoms with van der Waals surface area (Å²) in [5.74, 6) is 0.605. The highest BCUT2D eigenvalue weighted by Crippen LogP contribution is 2.27. The zero-order valence-electron chi connectivity index (χ0n) is 27.0. The van der Waals surface area contributed by atoms with Crippen molar-refractivity contribution in [1.29, 1.82) is 0 Å². The number of benzene rings is 1. The van der Waals surface area contributed by atoms with Gasteiger partial charge < -0.3 is 19.9 Å². The van der Waals surface area contributed by atoms with E-state index in [1.807, 2.05) is 18.2 Å². The van der Waals surface area contributed by atoms with Crippen LogP contribution in [0.1, 0.15) is 168 Å². The number of unbranched alkanes of at least 4 members (excludes halogenated alkanes) is 22. The van der Waals surface area contributed by atoms with E-state index in [0.717, 1.165) is 30.0 Å². The van der Waals surface area contributed by atoms with Gasteiger partial charge in [-0.25, -0.2) is 0 Å². The fourth-order valence-electron chi connectivity index (χ4n) is 5.28. The summed E-state index contributed by atoms with van der Waals surface area (Å²) < 4.78 is 12.1. The first-order chi connectivity index (χ1) is 20.2. The fourth-order valence-corrected chi connectivity index (χ4v) is 5.28. The Morgan fingerprint density at radius 1 is 0.537 bits per heavy atom. The largest absolute Gasteiger partial charge is 0.493 e. The number of anilines is 1. The van der Waals surface area contributed by atoms with Gasteiger partial charge in [0, 0.05) is 23.9 Å². The molecule has 5 heteroatoms. The fraction of sp³-hybridized carbons (Fsp3) is 0.806. The number of aliphatic carboxylic acids is 1. The first-order valence-electron chi connectivity index (χ1n) is 17.5. The van der Waals surface area contributed by atoms with Crippen LogP contribution in [0.3, 0.4) is 0 Å². The molecule has 41 heavy (non-hydrogen) atoms. The molecule has 0 saturated carbocycles. The van der Waals surface area contributed by atoms with Gasteiger partial charge in [-0.1, -0.05) is 155 Å². The van der Waals surface area contributed by atoms with Gasteiger partial charge in [-0.05, 0) is 12.8 Å². The predicted molar refractivity (Wildman–Crippen MR) is 176 cm³/mol. The number of rotatable bonds is 31. The molecule has 0 fully saturated rings. The van der Waals surface area contributed by atoms with Crippen LogP contribution in [0.15, 0.2) is 18.2 Å². The van der Waals surface area contributed by atoms with E-state index in [-0.39, 0.29) is 6.54 Å². The number of carboxylic acids is 1. The second-order valence-corrected chi connectivity index (χ2v) is 11.9. The summed E-state index contributed by atoms with van der Waals surface area (Å²) >= 11 is 0. The van der Waals surface area contributed by atoms with Crippen LogP contribution in [0.2, 0.25) is 0 Å². The zero-order chi connectivity index (χ0) is 29.6. The summed E-state index contributed by atoms with van der Waals surface area (Å²) in [5.41, 5.74) is 0.726. The molecule has 1 aromatic carbocycles. The number of nitrogens with one attached hydrogen (secondary N) is 1. The summed E-state index contributed by atoms with van der Waals surface area (Å²) in [4.78, 5) is 11.0. The average Bonchev–Trinajstić information content (AvgIpc) is 2.97. The van der Waals surface area contributed by atoms with Crippen molar-refractivity contribution in [3.63, 3.8) is 0 Å². The summed E-state index contributed by atoms with van der Waals surface area (Å²) in [6.45, 7) is 5.78. The minimum Gasteiger partial charge on any atom is -0.493 e. The van der Waals surface area contributed by atoms with Gasteiger partial charge >= 0.3 is 5.97 Å². The van der Waals surface area contributed by atoms with Crippen LogP contribution in [0.4, 0.5) is 5.69 Å². The highest BCUT2D eigenvalue weighted by atomic mass is 16.5. The van der Waals surface area contributed by atoms with Crippen molar-refractivity contribution in [2.45, 2.75) is 168 Å². The Hall–Kier alpha value is -1.91. The standard InChI is InChI=1S/C36H65NO4/c1-3-5-7-9-11-13-15-17-19-21-23-25-27-40-34-29-33(37-32-36(38)39)30-35(31-34)41-28-26-24-22-20-18-16-14-12-10-8-6-4-2/h29-31,37H,3-28,32H2,1-2H3,(H,38,39).